The van der Waals surface area contributed by atoms with Gasteiger partial charge in [-0.25, -0.2) is 13.1 Å². The number of amides is 1. The van der Waals surface area contributed by atoms with Crippen molar-refractivity contribution >= 4 is 26.7 Å². The number of nitrogens with zero attached hydrogens (tertiary/aromatic N) is 1. The normalized spacial score (nSPS) is 12.9. The number of rotatable bonds is 11. The van der Waals surface area contributed by atoms with Gasteiger partial charge in [0.05, 0.1) is 17.2 Å². The minimum atomic E-state index is -3.69. The van der Waals surface area contributed by atoms with Crippen LogP contribution in [0.25, 0.3) is 10.8 Å². The van der Waals surface area contributed by atoms with Crippen molar-refractivity contribution in [3.05, 3.63) is 66.6 Å². The van der Waals surface area contributed by atoms with Gasteiger partial charge in [-0.05, 0) is 48.1 Å². The molecule has 166 valence electrons. The molecule has 0 aliphatic heterocycles. The minimum absolute atomic E-state index is 0.0255. The number of furan rings is 1. The molecule has 31 heavy (non-hydrogen) atoms. The summed E-state index contributed by atoms with van der Waals surface area (Å²) in [4.78, 5) is 14.7. The molecule has 0 saturated heterocycles. The molecular formula is C23H29N3O4S. The monoisotopic (exact) mass is 443 g/mol. The summed E-state index contributed by atoms with van der Waals surface area (Å²) < 4.78 is 33.2. The Kier molecular flexibility index (Phi) is 7.84. The first-order chi connectivity index (χ1) is 14.9. The second-order valence-electron chi connectivity index (χ2n) is 7.21. The highest BCUT2D eigenvalue weighted by molar-refractivity contribution is 7.89. The average molecular weight is 444 g/mol. The number of fused-ring (bicyclic) bond motifs is 1. The standard InChI is InChI=1S/C23H29N3O4S/c1-3-26(4-2)21(22-10-7-15-30-22)17-24-23(27)13-14-25-31(28,29)20-12-11-18-8-5-6-9-19(18)16-20/h5-12,15-16,21,25H,3-4,13-14,17H2,1-2H3,(H,24,27). The Morgan fingerprint density at radius 3 is 2.45 bits per heavy atom. The maximum Gasteiger partial charge on any atom is 0.240 e. The van der Waals surface area contributed by atoms with E-state index in [2.05, 4.69) is 28.8 Å². The lowest BCUT2D eigenvalue weighted by molar-refractivity contribution is -0.121. The third-order valence-corrected chi connectivity index (χ3v) is 6.75. The molecular weight excluding hydrogens is 414 g/mol. The van der Waals surface area contributed by atoms with Gasteiger partial charge >= 0.3 is 0 Å². The first-order valence-electron chi connectivity index (χ1n) is 10.5. The molecule has 2 N–H and O–H groups in total. The lowest BCUT2D eigenvalue weighted by Gasteiger charge is -2.28. The number of carbonyl (C=O) groups is 1. The first kappa shape index (κ1) is 23.0. The van der Waals surface area contributed by atoms with Crippen molar-refractivity contribution in [2.45, 2.75) is 31.2 Å². The van der Waals surface area contributed by atoms with Gasteiger partial charge < -0.3 is 9.73 Å². The van der Waals surface area contributed by atoms with Crippen molar-refractivity contribution in [1.82, 2.24) is 14.9 Å². The number of sulfonamides is 1. The van der Waals surface area contributed by atoms with Crippen molar-refractivity contribution < 1.29 is 17.6 Å². The number of nitrogens with one attached hydrogen (secondary N) is 2. The summed E-state index contributed by atoms with van der Waals surface area (Å²) in [5, 5.41) is 4.72. The van der Waals surface area contributed by atoms with Crippen LogP contribution in [-0.4, -0.2) is 45.4 Å². The number of hydrogen-bond acceptors (Lipinski definition) is 5. The Bertz CT molecular complexity index is 1090. The molecule has 0 spiro atoms. The zero-order chi connectivity index (χ0) is 22.3. The van der Waals surface area contributed by atoms with E-state index in [1.807, 2.05) is 36.4 Å². The van der Waals surface area contributed by atoms with Gasteiger partial charge in [0.15, 0.2) is 0 Å². The first-order valence-corrected chi connectivity index (χ1v) is 12.0. The molecule has 0 aliphatic carbocycles. The highest BCUT2D eigenvalue weighted by atomic mass is 32.2. The largest absolute Gasteiger partial charge is 0.468 e. The van der Waals surface area contributed by atoms with Crippen LogP contribution in [0.3, 0.4) is 0 Å². The smallest absolute Gasteiger partial charge is 0.240 e. The Morgan fingerprint density at radius 1 is 1.03 bits per heavy atom. The molecule has 0 aliphatic rings. The Hall–Kier alpha value is -2.68. The van der Waals surface area contributed by atoms with E-state index in [1.165, 1.54) is 0 Å². The average Bonchev–Trinajstić information content (AvgIpc) is 3.30. The Morgan fingerprint density at radius 2 is 1.77 bits per heavy atom. The quantitative estimate of drug-likeness (QED) is 0.474. The zero-order valence-corrected chi connectivity index (χ0v) is 18.7. The molecule has 1 aromatic heterocycles. The maximum absolute atomic E-state index is 12.6. The summed E-state index contributed by atoms with van der Waals surface area (Å²) in [6, 6.07) is 16.2. The molecule has 0 fully saturated rings. The molecule has 1 atom stereocenters. The highest BCUT2D eigenvalue weighted by Crippen LogP contribution is 2.20. The third kappa shape index (κ3) is 5.94. The number of likely N-dealkylation sites (N-methyl/N-ethyl adjacent to an activating group) is 1. The third-order valence-electron chi connectivity index (χ3n) is 5.29. The molecule has 3 rings (SSSR count). The second kappa shape index (κ2) is 10.6. The maximum atomic E-state index is 12.6. The van der Waals surface area contributed by atoms with E-state index in [-0.39, 0.29) is 29.8 Å². The molecule has 0 bridgehead atoms. The Balaban J connectivity index is 1.53. The van der Waals surface area contributed by atoms with E-state index in [1.54, 1.807) is 24.5 Å². The summed E-state index contributed by atoms with van der Waals surface area (Å²) >= 11 is 0. The molecule has 2 aromatic carbocycles. The van der Waals surface area contributed by atoms with Gasteiger partial charge in [0.2, 0.25) is 15.9 Å². The fourth-order valence-corrected chi connectivity index (χ4v) is 4.64. The van der Waals surface area contributed by atoms with E-state index < -0.39 is 10.0 Å². The van der Waals surface area contributed by atoms with Crippen LogP contribution < -0.4 is 10.0 Å². The Labute approximate surface area is 183 Å². The number of carbonyl (C=O) groups excluding carboxylic acids is 1. The van der Waals surface area contributed by atoms with E-state index in [9.17, 15) is 13.2 Å². The van der Waals surface area contributed by atoms with Gasteiger partial charge in [-0.3, -0.25) is 9.69 Å². The highest BCUT2D eigenvalue weighted by Gasteiger charge is 2.21. The summed E-state index contributed by atoms with van der Waals surface area (Å²) in [5.41, 5.74) is 0. The minimum Gasteiger partial charge on any atom is -0.468 e. The fourth-order valence-electron chi connectivity index (χ4n) is 3.57. The van der Waals surface area contributed by atoms with Gasteiger partial charge in [0.25, 0.3) is 0 Å². The zero-order valence-electron chi connectivity index (χ0n) is 17.9. The van der Waals surface area contributed by atoms with Crippen LogP contribution in [0.4, 0.5) is 0 Å². The molecule has 8 heteroatoms. The van der Waals surface area contributed by atoms with E-state index in [0.717, 1.165) is 29.6 Å². The van der Waals surface area contributed by atoms with Gasteiger partial charge in [-0.1, -0.05) is 44.2 Å². The van der Waals surface area contributed by atoms with Crippen molar-refractivity contribution in [1.29, 1.82) is 0 Å². The molecule has 1 amide bonds. The van der Waals surface area contributed by atoms with Gasteiger partial charge in [0, 0.05) is 19.5 Å². The van der Waals surface area contributed by atoms with E-state index in [0.29, 0.717) is 6.54 Å². The van der Waals surface area contributed by atoms with Crippen LogP contribution in [-0.2, 0) is 14.8 Å². The summed E-state index contributed by atoms with van der Waals surface area (Å²) in [6.07, 6.45) is 1.67. The predicted molar refractivity (Wildman–Crippen MR) is 121 cm³/mol. The number of hydrogen-bond donors (Lipinski definition) is 2. The predicted octanol–water partition coefficient (Wildman–Crippen LogP) is 3.30. The molecule has 3 aromatic rings. The van der Waals surface area contributed by atoms with Crippen LogP contribution in [0.15, 0.2) is 70.2 Å². The van der Waals surface area contributed by atoms with Crippen LogP contribution in [0.2, 0.25) is 0 Å². The van der Waals surface area contributed by atoms with Gasteiger partial charge in [-0.15, -0.1) is 0 Å². The lowest BCUT2D eigenvalue weighted by Crippen LogP contribution is -2.38. The molecule has 7 nitrogen and oxygen atoms in total. The van der Waals surface area contributed by atoms with Crippen molar-refractivity contribution in [3.63, 3.8) is 0 Å². The summed E-state index contributed by atoms with van der Waals surface area (Å²) in [6.45, 7) is 6.18. The van der Waals surface area contributed by atoms with Crippen molar-refractivity contribution in [2.24, 2.45) is 0 Å². The van der Waals surface area contributed by atoms with Crippen LogP contribution in [0.5, 0.6) is 0 Å². The molecule has 1 heterocycles. The fraction of sp³-hybridized carbons (Fsp3) is 0.348. The van der Waals surface area contributed by atoms with Crippen LogP contribution in [0, 0.1) is 0 Å². The second-order valence-corrected chi connectivity index (χ2v) is 8.98. The topological polar surface area (TPSA) is 91.7 Å². The number of benzene rings is 2. The molecule has 0 radical (unpaired) electrons. The lowest BCUT2D eigenvalue weighted by atomic mass is 10.1. The van der Waals surface area contributed by atoms with E-state index >= 15 is 0 Å². The van der Waals surface area contributed by atoms with Crippen LogP contribution in [0.1, 0.15) is 32.1 Å². The SMILES string of the molecule is CCN(CC)C(CNC(=O)CCNS(=O)(=O)c1ccc2ccccc2c1)c1ccco1. The molecule has 1 unspecified atom stereocenters. The molecule has 0 saturated carbocycles. The summed E-state index contributed by atoms with van der Waals surface area (Å²) in [7, 11) is -3.69. The van der Waals surface area contributed by atoms with Gasteiger partial charge in [-0.2, -0.15) is 0 Å². The van der Waals surface area contributed by atoms with Crippen molar-refractivity contribution in [2.75, 3.05) is 26.2 Å². The summed E-state index contributed by atoms with van der Waals surface area (Å²) in [5.74, 6) is 0.575. The van der Waals surface area contributed by atoms with E-state index in [4.69, 9.17) is 4.42 Å². The van der Waals surface area contributed by atoms with Crippen LogP contribution >= 0.6 is 0 Å². The van der Waals surface area contributed by atoms with Gasteiger partial charge in [0.1, 0.15) is 5.76 Å². The van der Waals surface area contributed by atoms with Crippen molar-refractivity contribution in [3.8, 4) is 0 Å².